The summed E-state index contributed by atoms with van der Waals surface area (Å²) in [7, 11) is -1.08. The molecule has 0 bridgehead atoms. The topological polar surface area (TPSA) is 17.1 Å². The Morgan fingerprint density at radius 1 is 0.771 bits per heavy atom. The average molecular weight is 501 g/mol. The highest BCUT2D eigenvalue weighted by atomic mass is 28.3. The van der Waals surface area contributed by atoms with Gasteiger partial charge in [0.1, 0.15) is 6.29 Å². The van der Waals surface area contributed by atoms with Crippen LogP contribution in [0.15, 0.2) is 46.3 Å². The van der Waals surface area contributed by atoms with Gasteiger partial charge < -0.3 is 4.79 Å². The maximum atomic E-state index is 14.6. The summed E-state index contributed by atoms with van der Waals surface area (Å²) in [6.45, 7) is 19.9. The lowest BCUT2D eigenvalue weighted by Crippen LogP contribution is -2.17. The number of carbonyl (C=O) groups is 1. The van der Waals surface area contributed by atoms with Gasteiger partial charge in [0.05, 0.1) is 13.9 Å². The fourth-order valence-electron chi connectivity index (χ4n) is 3.47. The second-order valence-electron chi connectivity index (χ2n) is 12.3. The van der Waals surface area contributed by atoms with E-state index in [0.29, 0.717) is 12.8 Å². The van der Waals surface area contributed by atoms with E-state index in [1.807, 2.05) is 6.92 Å². The molecule has 0 radical (unpaired) electrons. The van der Waals surface area contributed by atoms with Gasteiger partial charge in [0.15, 0.2) is 0 Å². The van der Waals surface area contributed by atoms with Crippen LogP contribution in [0.5, 0.6) is 0 Å². The van der Waals surface area contributed by atoms with Crippen molar-refractivity contribution in [1.29, 1.82) is 0 Å². The molecule has 0 aromatic carbocycles. The highest BCUT2D eigenvalue weighted by molar-refractivity contribution is 6.76. The van der Waals surface area contributed by atoms with Crippen molar-refractivity contribution in [3.8, 4) is 11.8 Å². The number of rotatable bonds is 16. The minimum Gasteiger partial charge on any atom is -0.303 e. The minimum atomic E-state index is -1.08. The summed E-state index contributed by atoms with van der Waals surface area (Å²) >= 11 is 0. The van der Waals surface area contributed by atoms with Crippen LogP contribution in [0.25, 0.3) is 0 Å². The lowest BCUT2D eigenvalue weighted by atomic mass is 9.85. The molecule has 0 aliphatic heterocycles. The summed E-state index contributed by atoms with van der Waals surface area (Å²) in [5.41, 5.74) is 4.98. The Labute approximate surface area is 218 Å². The Morgan fingerprint density at radius 2 is 1.31 bits per heavy atom. The van der Waals surface area contributed by atoms with E-state index in [0.717, 1.165) is 69.3 Å². The minimum absolute atomic E-state index is 0.0458. The van der Waals surface area contributed by atoms with Crippen LogP contribution in [0.4, 0.5) is 4.39 Å². The molecule has 198 valence electrons. The third kappa shape index (κ3) is 20.2. The molecule has 0 unspecified atom stereocenters. The largest absolute Gasteiger partial charge is 0.303 e. The Morgan fingerprint density at radius 3 is 1.89 bits per heavy atom. The van der Waals surface area contributed by atoms with Crippen LogP contribution >= 0.6 is 0 Å². The molecule has 0 saturated carbocycles. The van der Waals surface area contributed by atoms with Crippen LogP contribution in [-0.4, -0.2) is 14.4 Å². The molecule has 0 aromatic rings. The lowest BCUT2D eigenvalue weighted by molar-refractivity contribution is -0.107. The van der Waals surface area contributed by atoms with Gasteiger partial charge in [0, 0.05) is 25.3 Å². The molecule has 0 atom stereocenters. The van der Waals surface area contributed by atoms with E-state index in [4.69, 9.17) is 0 Å². The van der Waals surface area contributed by atoms with E-state index >= 15 is 0 Å². The van der Waals surface area contributed by atoms with Gasteiger partial charge in [-0.2, -0.15) is 0 Å². The van der Waals surface area contributed by atoms with Crippen molar-refractivity contribution < 1.29 is 9.18 Å². The van der Waals surface area contributed by atoms with E-state index in [1.54, 1.807) is 0 Å². The number of carbonyl (C=O) groups excluding carboxylic acids is 1. The maximum Gasteiger partial charge on any atom is 0.120 e. The standard InChI is InChI=1S/C32H53FOSi/c1-27(15-12-16-28(2)18-14-25-34)17-13-19-31(33)30(4)21-20-29(3)22-24-32(5,6)23-10-11-26-35(7,8)9/h16-17,22,25H,12-15,18-21,23-24,26H2,1-9H3/b27-17+,28-16+,29-22+,31-30-. The second-order valence-corrected chi connectivity index (χ2v) is 17.7. The molecule has 0 rings (SSSR count). The third-order valence-electron chi connectivity index (χ3n) is 6.22. The van der Waals surface area contributed by atoms with E-state index in [-0.39, 0.29) is 11.2 Å². The van der Waals surface area contributed by atoms with Crippen LogP contribution in [-0.2, 0) is 4.79 Å². The average Bonchev–Trinajstić information content (AvgIpc) is 2.76. The van der Waals surface area contributed by atoms with Crippen molar-refractivity contribution in [3.63, 3.8) is 0 Å². The van der Waals surface area contributed by atoms with E-state index < -0.39 is 8.07 Å². The molecule has 0 fully saturated rings. The van der Waals surface area contributed by atoms with Gasteiger partial charge in [-0.05, 0) is 83.6 Å². The second kappa shape index (κ2) is 17.7. The number of allylic oxidation sites excluding steroid dienone is 8. The van der Waals surface area contributed by atoms with Crippen molar-refractivity contribution in [2.75, 3.05) is 0 Å². The van der Waals surface area contributed by atoms with Crippen molar-refractivity contribution in [1.82, 2.24) is 0 Å². The Balaban J connectivity index is 4.47. The summed E-state index contributed by atoms with van der Waals surface area (Å²) in [5.74, 6) is 6.84. The Bertz CT molecular complexity index is 822. The van der Waals surface area contributed by atoms with Gasteiger partial charge in [-0.15, -0.1) is 11.8 Å². The molecular formula is C32H53FOSi. The highest BCUT2D eigenvalue weighted by Gasteiger charge is 2.15. The predicted molar refractivity (Wildman–Crippen MR) is 157 cm³/mol. The van der Waals surface area contributed by atoms with Gasteiger partial charge in [0.2, 0.25) is 0 Å². The first-order chi connectivity index (χ1) is 16.3. The molecule has 0 saturated heterocycles. The van der Waals surface area contributed by atoms with Gasteiger partial charge in [-0.1, -0.05) is 68.4 Å². The van der Waals surface area contributed by atoms with Crippen LogP contribution in [0.3, 0.4) is 0 Å². The molecule has 0 amide bonds. The van der Waals surface area contributed by atoms with Crippen LogP contribution in [0, 0.1) is 17.3 Å². The molecule has 0 aliphatic carbocycles. The molecule has 0 heterocycles. The van der Waals surface area contributed by atoms with Gasteiger partial charge in [-0.3, -0.25) is 0 Å². The summed E-state index contributed by atoms with van der Waals surface area (Å²) in [6.07, 6.45) is 16.0. The highest BCUT2D eigenvalue weighted by Crippen LogP contribution is 2.27. The zero-order chi connectivity index (χ0) is 26.9. The summed E-state index contributed by atoms with van der Waals surface area (Å²) in [6, 6.07) is 1.07. The van der Waals surface area contributed by atoms with Gasteiger partial charge >= 0.3 is 0 Å². The summed E-state index contributed by atoms with van der Waals surface area (Å²) in [4.78, 5) is 10.4. The van der Waals surface area contributed by atoms with Crippen molar-refractivity contribution in [3.05, 3.63) is 46.3 Å². The maximum absolute atomic E-state index is 14.6. The first kappa shape index (κ1) is 33.3. The van der Waals surface area contributed by atoms with E-state index in [9.17, 15) is 9.18 Å². The van der Waals surface area contributed by atoms with Gasteiger partial charge in [-0.25, -0.2) is 4.39 Å². The van der Waals surface area contributed by atoms with Gasteiger partial charge in [0.25, 0.3) is 0 Å². The summed E-state index contributed by atoms with van der Waals surface area (Å²) in [5, 5.41) is 0. The molecule has 0 spiro atoms. The molecule has 0 aromatic heterocycles. The number of halogens is 1. The zero-order valence-corrected chi connectivity index (χ0v) is 25.4. The normalized spacial score (nSPS) is 14.4. The number of hydrogen-bond acceptors (Lipinski definition) is 1. The van der Waals surface area contributed by atoms with E-state index in [2.05, 4.69) is 84.3 Å². The van der Waals surface area contributed by atoms with E-state index in [1.165, 1.54) is 16.7 Å². The molecule has 0 aliphatic rings. The quantitative estimate of drug-likeness (QED) is 0.0891. The lowest BCUT2D eigenvalue weighted by Gasteiger charge is -2.20. The van der Waals surface area contributed by atoms with Crippen molar-refractivity contribution >= 4 is 14.4 Å². The summed E-state index contributed by atoms with van der Waals surface area (Å²) < 4.78 is 14.6. The van der Waals surface area contributed by atoms with Crippen molar-refractivity contribution in [2.24, 2.45) is 5.41 Å². The van der Waals surface area contributed by atoms with Crippen LogP contribution in [0.1, 0.15) is 106 Å². The Kier molecular flexibility index (Phi) is 16.9. The van der Waals surface area contributed by atoms with Crippen molar-refractivity contribution in [2.45, 2.75) is 131 Å². The molecule has 35 heavy (non-hydrogen) atoms. The van der Waals surface area contributed by atoms with Crippen LogP contribution in [0.2, 0.25) is 25.7 Å². The molecule has 3 heteroatoms. The molecular weight excluding hydrogens is 447 g/mol. The fourth-order valence-corrected chi connectivity index (χ4v) is 4.13. The third-order valence-corrected chi connectivity index (χ3v) is 7.45. The first-order valence-corrected chi connectivity index (χ1v) is 17.2. The number of aldehydes is 1. The molecule has 1 nitrogen and oxygen atoms in total. The SMILES string of the molecule is C/C(CC/C(C)=C/CC(C)(C)CC#CC[Si](C)(C)C)=C(/F)CC/C=C(\C)CC/C=C(\C)CCC=O. The fraction of sp³-hybridized carbons (Fsp3) is 0.656. The molecule has 0 N–H and O–H groups in total. The smallest absolute Gasteiger partial charge is 0.120 e. The van der Waals surface area contributed by atoms with Crippen LogP contribution < -0.4 is 0 Å². The number of hydrogen-bond donors (Lipinski definition) is 0. The predicted octanol–water partition coefficient (Wildman–Crippen LogP) is 10.5. The zero-order valence-electron chi connectivity index (χ0n) is 24.4. The Hall–Kier alpha value is -1.66. The monoisotopic (exact) mass is 500 g/mol. The first-order valence-electron chi connectivity index (χ1n) is 13.5.